The van der Waals surface area contributed by atoms with E-state index in [2.05, 4.69) is 25.8 Å². The number of fused-ring (bicyclic) bond motifs is 1. The molecule has 0 radical (unpaired) electrons. The van der Waals surface area contributed by atoms with Crippen molar-refractivity contribution in [2.45, 2.75) is 51.8 Å². The summed E-state index contributed by atoms with van der Waals surface area (Å²) >= 11 is 0. The molecule has 2 aromatic heterocycles. The van der Waals surface area contributed by atoms with E-state index in [0.29, 0.717) is 30.3 Å². The van der Waals surface area contributed by atoms with Gasteiger partial charge in [0, 0.05) is 52.9 Å². The maximum Gasteiger partial charge on any atom is 0.408 e. The van der Waals surface area contributed by atoms with Crippen molar-refractivity contribution in [3.05, 3.63) is 90.3 Å². The molecule has 45 heavy (non-hydrogen) atoms. The number of hydrogen-bond donors (Lipinski definition) is 3. The predicted octanol–water partition coefficient (Wildman–Crippen LogP) is 6.38. The third-order valence-electron chi connectivity index (χ3n) is 7.60. The number of amides is 3. The number of anilines is 1. The fourth-order valence-electron chi connectivity index (χ4n) is 5.55. The molecule has 3 N–H and O–H groups in total. The number of rotatable bonds is 8. The molecule has 0 bridgehead atoms. The molecular formula is C34H34N6O5. The minimum absolute atomic E-state index is 0.117. The molecule has 5 aromatic rings. The molecule has 2 atom stereocenters. The van der Waals surface area contributed by atoms with Gasteiger partial charge in [-0.05, 0) is 68.7 Å². The van der Waals surface area contributed by atoms with Gasteiger partial charge in [-0.3, -0.25) is 9.59 Å². The van der Waals surface area contributed by atoms with Crippen LogP contribution in [0.1, 0.15) is 57.2 Å². The van der Waals surface area contributed by atoms with E-state index in [4.69, 9.17) is 9.15 Å². The summed E-state index contributed by atoms with van der Waals surface area (Å²) in [6, 6.07) is 23.9. The number of likely N-dealkylation sites (tertiary alicyclic amines) is 1. The van der Waals surface area contributed by atoms with Crippen molar-refractivity contribution >= 4 is 34.5 Å². The van der Waals surface area contributed by atoms with E-state index in [-0.39, 0.29) is 17.9 Å². The summed E-state index contributed by atoms with van der Waals surface area (Å²) in [5.41, 5.74) is 4.92. The van der Waals surface area contributed by atoms with Gasteiger partial charge in [0.2, 0.25) is 23.8 Å². The molecule has 1 saturated heterocycles. The second-order valence-corrected chi connectivity index (χ2v) is 11.4. The van der Waals surface area contributed by atoms with Gasteiger partial charge in [0.15, 0.2) is 0 Å². The molecule has 1 aliphatic heterocycles. The number of nitrogens with zero attached hydrogens (tertiary/aromatic N) is 3. The highest BCUT2D eigenvalue weighted by Crippen LogP contribution is 2.36. The molecule has 11 heteroatoms. The van der Waals surface area contributed by atoms with Crippen LogP contribution in [0.5, 0.6) is 0 Å². The zero-order valence-corrected chi connectivity index (χ0v) is 25.2. The fraction of sp³-hybridized carbons (Fsp3) is 0.265. The first-order valence-corrected chi connectivity index (χ1v) is 14.9. The molecule has 230 valence electrons. The summed E-state index contributed by atoms with van der Waals surface area (Å²) < 4.78 is 11.8. The van der Waals surface area contributed by atoms with Crippen molar-refractivity contribution in [1.29, 1.82) is 0 Å². The zero-order chi connectivity index (χ0) is 31.5. The van der Waals surface area contributed by atoms with E-state index in [1.165, 1.54) is 6.92 Å². The Bertz CT molecular complexity index is 1830. The van der Waals surface area contributed by atoms with Crippen LogP contribution in [0.2, 0.25) is 0 Å². The Morgan fingerprint density at radius 3 is 2.47 bits per heavy atom. The molecule has 3 aromatic carbocycles. The lowest BCUT2D eigenvalue weighted by Gasteiger charge is -2.27. The first-order valence-electron chi connectivity index (χ1n) is 14.9. The number of benzene rings is 3. The Balaban J connectivity index is 1.21. The number of carbonyl (C=O) groups excluding carboxylic acids is 3. The van der Waals surface area contributed by atoms with Gasteiger partial charge in [0.05, 0.1) is 0 Å². The Morgan fingerprint density at radius 1 is 0.978 bits per heavy atom. The lowest BCUT2D eigenvalue weighted by molar-refractivity contribution is -0.142. The number of hydrogen-bond acceptors (Lipinski definition) is 7. The Labute approximate surface area is 260 Å². The average molecular weight is 607 g/mol. The number of carbonyl (C=O) groups is 3. The summed E-state index contributed by atoms with van der Waals surface area (Å²) in [6.45, 7) is 5.60. The largest absolute Gasteiger partial charge is 0.431 e. The maximum absolute atomic E-state index is 13.9. The van der Waals surface area contributed by atoms with Gasteiger partial charge >= 0.3 is 6.09 Å². The van der Waals surface area contributed by atoms with Crippen LogP contribution in [0, 0.1) is 0 Å². The molecule has 0 aliphatic carbocycles. The van der Waals surface area contributed by atoms with Gasteiger partial charge in [0.1, 0.15) is 6.04 Å². The lowest BCUT2D eigenvalue weighted by atomic mass is 10.1. The van der Waals surface area contributed by atoms with Crippen LogP contribution in [-0.2, 0) is 14.3 Å². The van der Waals surface area contributed by atoms with Crippen LogP contribution in [0.3, 0.4) is 0 Å². The molecule has 1 aliphatic rings. The summed E-state index contributed by atoms with van der Waals surface area (Å²) in [6.07, 6.45) is -0.376. The summed E-state index contributed by atoms with van der Waals surface area (Å²) in [5.74, 6) is 0.228. The number of ether oxygens (including phenoxy) is 1. The van der Waals surface area contributed by atoms with E-state index in [9.17, 15) is 14.4 Å². The van der Waals surface area contributed by atoms with Crippen molar-refractivity contribution in [3.8, 4) is 22.7 Å². The first kappa shape index (κ1) is 29.6. The topological polar surface area (TPSA) is 142 Å². The van der Waals surface area contributed by atoms with Gasteiger partial charge in [-0.15, -0.1) is 10.2 Å². The van der Waals surface area contributed by atoms with E-state index in [1.807, 2.05) is 68.4 Å². The van der Waals surface area contributed by atoms with Crippen molar-refractivity contribution in [2.75, 3.05) is 11.9 Å². The number of aromatic nitrogens is 3. The number of H-pyrrole nitrogens is 1. The van der Waals surface area contributed by atoms with Crippen LogP contribution < -0.4 is 10.6 Å². The molecule has 0 saturated carbocycles. The summed E-state index contributed by atoms with van der Waals surface area (Å²) in [7, 11) is 0. The third-order valence-corrected chi connectivity index (χ3v) is 7.60. The summed E-state index contributed by atoms with van der Waals surface area (Å²) in [4.78, 5) is 42.8. The van der Waals surface area contributed by atoms with Crippen LogP contribution in [0.15, 0.2) is 83.3 Å². The Kier molecular flexibility index (Phi) is 8.33. The minimum Gasteiger partial charge on any atom is -0.431 e. The van der Waals surface area contributed by atoms with Gasteiger partial charge in [-0.1, -0.05) is 42.5 Å². The van der Waals surface area contributed by atoms with E-state index in [1.54, 1.807) is 29.2 Å². The third kappa shape index (κ3) is 6.57. The van der Waals surface area contributed by atoms with Crippen LogP contribution in [0.25, 0.3) is 33.6 Å². The predicted molar refractivity (Wildman–Crippen MR) is 169 cm³/mol. The quantitative estimate of drug-likeness (QED) is 0.186. The fourth-order valence-corrected chi connectivity index (χ4v) is 5.55. The molecule has 0 unspecified atom stereocenters. The maximum atomic E-state index is 13.9. The highest BCUT2D eigenvalue weighted by Gasteiger charge is 2.39. The van der Waals surface area contributed by atoms with Crippen LogP contribution in [0.4, 0.5) is 10.5 Å². The van der Waals surface area contributed by atoms with E-state index < -0.39 is 18.2 Å². The van der Waals surface area contributed by atoms with Crippen molar-refractivity contribution in [3.63, 3.8) is 0 Å². The van der Waals surface area contributed by atoms with Gasteiger partial charge in [-0.2, -0.15) is 0 Å². The highest BCUT2D eigenvalue weighted by molar-refractivity contribution is 5.91. The minimum atomic E-state index is -1.11. The van der Waals surface area contributed by atoms with Crippen LogP contribution >= 0.6 is 0 Å². The van der Waals surface area contributed by atoms with Gasteiger partial charge in [0.25, 0.3) is 5.91 Å². The van der Waals surface area contributed by atoms with Crippen molar-refractivity contribution in [1.82, 2.24) is 25.4 Å². The van der Waals surface area contributed by atoms with Gasteiger partial charge in [-0.25, -0.2) is 4.79 Å². The van der Waals surface area contributed by atoms with E-state index >= 15 is 0 Å². The SMILES string of the molecule is CC(=O)Nc1ccc(-c2cc3cc(-c4nnc([C@@H]5CCCN5C(=O)[C@H](OC(=O)NC(C)C)c5ccccc5)o4)ccc3[nH]2)cc1. The number of nitrogens with one attached hydrogen (secondary N) is 3. The molecule has 11 nitrogen and oxygen atoms in total. The van der Waals surface area contributed by atoms with Crippen molar-refractivity contribution < 1.29 is 23.5 Å². The summed E-state index contributed by atoms with van der Waals surface area (Å²) in [5, 5.41) is 15.1. The molecule has 0 spiro atoms. The molecule has 3 heterocycles. The Hall–Kier alpha value is -5.45. The van der Waals surface area contributed by atoms with Crippen molar-refractivity contribution in [2.24, 2.45) is 0 Å². The Morgan fingerprint density at radius 2 is 1.73 bits per heavy atom. The first-order chi connectivity index (χ1) is 21.7. The average Bonchev–Trinajstić information content (AvgIpc) is 3.79. The standard InChI is InChI=1S/C34H34N6O5/c1-20(2)35-34(43)44-30(23-8-5-4-6-9-23)33(42)40-17-7-10-29(40)32-39-38-31(45-32)24-13-16-27-25(18-24)19-28(37-27)22-11-14-26(15-12-22)36-21(3)41/h4-6,8-9,11-16,18-20,29-30,37H,7,10,17H2,1-3H3,(H,35,43)(H,36,41)/t29-,30+/m0/s1. The normalized spacial score (nSPS) is 15.3. The second-order valence-electron chi connectivity index (χ2n) is 11.4. The molecule has 6 rings (SSSR count). The monoisotopic (exact) mass is 606 g/mol. The lowest BCUT2D eigenvalue weighted by Crippen LogP contribution is -2.39. The number of aromatic amines is 1. The van der Waals surface area contributed by atoms with Gasteiger partial charge < -0.3 is 29.7 Å². The van der Waals surface area contributed by atoms with Crippen LogP contribution in [-0.4, -0.2) is 50.6 Å². The smallest absolute Gasteiger partial charge is 0.408 e. The molecular weight excluding hydrogens is 572 g/mol. The second kappa shape index (κ2) is 12.7. The highest BCUT2D eigenvalue weighted by atomic mass is 16.6. The van der Waals surface area contributed by atoms with E-state index in [0.717, 1.165) is 39.8 Å². The number of alkyl carbamates (subject to hydrolysis) is 1. The zero-order valence-electron chi connectivity index (χ0n) is 25.2. The molecule has 3 amide bonds. The molecule has 1 fully saturated rings.